The monoisotopic (exact) mass is 281 g/mol. The van der Waals surface area contributed by atoms with E-state index in [0.29, 0.717) is 13.0 Å². The average Bonchev–Trinajstić information content (AvgIpc) is 2.58. The molecule has 0 atom stereocenters. The molecular formula is C8H13N2O5S2-. The number of nitrogens with zero attached hydrogens (tertiary/aromatic N) is 2. The van der Waals surface area contributed by atoms with Crippen LogP contribution in [-0.4, -0.2) is 42.9 Å². The molecule has 0 aliphatic carbocycles. The minimum absolute atomic E-state index is 0.0533. The second-order valence-electron chi connectivity index (χ2n) is 3.64. The molecule has 0 bridgehead atoms. The molecule has 0 aliphatic rings. The summed E-state index contributed by atoms with van der Waals surface area (Å²) in [6, 6.07) is 0. The van der Waals surface area contributed by atoms with Gasteiger partial charge in [0.15, 0.2) is 0 Å². The molecule has 0 saturated heterocycles. The number of imidazole rings is 1. The van der Waals surface area contributed by atoms with E-state index in [2.05, 4.69) is 4.98 Å². The van der Waals surface area contributed by atoms with Crippen molar-refractivity contribution < 1.29 is 21.4 Å². The van der Waals surface area contributed by atoms with Crippen LogP contribution in [0.5, 0.6) is 0 Å². The van der Waals surface area contributed by atoms with Gasteiger partial charge in [0.2, 0.25) is 15.0 Å². The number of rotatable bonds is 6. The molecule has 0 radical (unpaired) electrons. The van der Waals surface area contributed by atoms with E-state index in [4.69, 9.17) is 0 Å². The molecule has 1 heterocycles. The van der Waals surface area contributed by atoms with E-state index >= 15 is 0 Å². The molecule has 0 aliphatic heterocycles. The molecule has 0 spiro atoms. The average molecular weight is 281 g/mol. The lowest BCUT2D eigenvalue weighted by Crippen LogP contribution is -2.10. The molecule has 0 N–H and O–H groups in total. The molecule has 1 rings (SSSR count). The van der Waals surface area contributed by atoms with Crippen LogP contribution in [0.2, 0.25) is 0 Å². The molecule has 0 unspecified atom stereocenters. The Labute approximate surface area is 100 Å². The van der Waals surface area contributed by atoms with Gasteiger partial charge in [-0.2, -0.15) is 0 Å². The van der Waals surface area contributed by atoms with Crippen molar-refractivity contribution in [1.29, 1.82) is 0 Å². The maximum atomic E-state index is 11.3. The van der Waals surface area contributed by atoms with Gasteiger partial charge >= 0.3 is 0 Å². The Balaban J connectivity index is 2.57. The van der Waals surface area contributed by atoms with Crippen molar-refractivity contribution in [1.82, 2.24) is 9.55 Å². The normalized spacial score (nSPS) is 12.8. The van der Waals surface area contributed by atoms with Crippen molar-refractivity contribution >= 4 is 20.0 Å². The van der Waals surface area contributed by atoms with E-state index in [1.54, 1.807) is 0 Å². The topological polar surface area (TPSA) is 109 Å². The summed E-state index contributed by atoms with van der Waals surface area (Å²) < 4.78 is 55.0. The summed E-state index contributed by atoms with van der Waals surface area (Å²) >= 11 is 0. The van der Waals surface area contributed by atoms with Crippen LogP contribution in [0, 0.1) is 0 Å². The molecular weight excluding hydrogens is 268 g/mol. The van der Waals surface area contributed by atoms with Gasteiger partial charge in [-0.25, -0.2) is 21.8 Å². The molecule has 17 heavy (non-hydrogen) atoms. The predicted molar refractivity (Wildman–Crippen MR) is 59.1 cm³/mol. The lowest BCUT2D eigenvalue weighted by atomic mass is 10.3. The van der Waals surface area contributed by atoms with Gasteiger partial charge in [-0.3, -0.25) is 0 Å². The lowest BCUT2D eigenvalue weighted by Gasteiger charge is -2.08. The minimum atomic E-state index is -4.20. The Bertz CT molecular complexity index is 573. The number of aromatic nitrogens is 2. The zero-order valence-electron chi connectivity index (χ0n) is 9.24. The Morgan fingerprint density at radius 2 is 1.94 bits per heavy atom. The van der Waals surface area contributed by atoms with Gasteiger partial charge in [-0.1, -0.05) is 0 Å². The molecule has 98 valence electrons. The van der Waals surface area contributed by atoms with Gasteiger partial charge in [-0.05, 0) is 12.8 Å². The molecule has 9 heteroatoms. The first kappa shape index (κ1) is 14.1. The highest BCUT2D eigenvalue weighted by molar-refractivity contribution is 7.90. The van der Waals surface area contributed by atoms with Crippen molar-refractivity contribution in [2.24, 2.45) is 0 Å². The maximum absolute atomic E-state index is 11.3. The summed E-state index contributed by atoms with van der Waals surface area (Å²) in [7, 11) is -7.58. The van der Waals surface area contributed by atoms with Crippen molar-refractivity contribution in [2.45, 2.75) is 24.5 Å². The summed E-state index contributed by atoms with van der Waals surface area (Å²) in [5.74, 6) is -0.435. The summed E-state index contributed by atoms with van der Waals surface area (Å²) in [6.07, 6.45) is 4.52. The summed E-state index contributed by atoms with van der Waals surface area (Å²) in [5, 5.41) is -0.0533. The maximum Gasteiger partial charge on any atom is 0.227 e. The third-order valence-corrected chi connectivity index (χ3v) is 3.84. The smallest absolute Gasteiger partial charge is 0.227 e. The van der Waals surface area contributed by atoms with Gasteiger partial charge in [0.05, 0.1) is 10.1 Å². The fourth-order valence-electron chi connectivity index (χ4n) is 1.36. The first-order valence-electron chi connectivity index (χ1n) is 4.85. The van der Waals surface area contributed by atoms with Gasteiger partial charge < -0.3 is 9.12 Å². The van der Waals surface area contributed by atoms with Crippen molar-refractivity contribution in [3.05, 3.63) is 12.4 Å². The summed E-state index contributed by atoms with van der Waals surface area (Å²) in [5.41, 5.74) is 0. The van der Waals surface area contributed by atoms with Crippen LogP contribution in [0.4, 0.5) is 0 Å². The largest absolute Gasteiger partial charge is 0.748 e. The van der Waals surface area contributed by atoms with Crippen LogP contribution in [0.3, 0.4) is 0 Å². The van der Waals surface area contributed by atoms with Gasteiger partial charge in [-0.15, -0.1) is 0 Å². The Morgan fingerprint density at radius 1 is 1.29 bits per heavy atom. The fraction of sp³-hybridized carbons (Fsp3) is 0.625. The van der Waals surface area contributed by atoms with E-state index in [9.17, 15) is 21.4 Å². The van der Waals surface area contributed by atoms with Gasteiger partial charge in [0.1, 0.15) is 0 Å². The zero-order chi connectivity index (χ0) is 13.1. The van der Waals surface area contributed by atoms with Crippen LogP contribution >= 0.6 is 0 Å². The number of unbranched alkanes of at least 4 members (excludes halogenated alkanes) is 1. The first-order chi connectivity index (χ1) is 7.70. The Morgan fingerprint density at radius 3 is 2.47 bits per heavy atom. The number of hydrogen-bond donors (Lipinski definition) is 0. The third kappa shape index (κ3) is 4.84. The van der Waals surface area contributed by atoms with E-state index in [1.807, 2.05) is 0 Å². The quantitative estimate of drug-likeness (QED) is 0.519. The molecule has 0 saturated carbocycles. The van der Waals surface area contributed by atoms with Crippen molar-refractivity contribution in [3.8, 4) is 0 Å². The Kier molecular flexibility index (Phi) is 4.28. The van der Waals surface area contributed by atoms with Crippen LogP contribution in [-0.2, 0) is 26.5 Å². The zero-order valence-corrected chi connectivity index (χ0v) is 10.9. The van der Waals surface area contributed by atoms with Crippen LogP contribution < -0.4 is 0 Å². The SMILES string of the molecule is CS(=O)(=O)c1nccn1CCCCS(=O)(=O)[O-]. The Hall–Kier alpha value is -0.930. The number of aryl methyl sites for hydroxylation is 1. The third-order valence-electron chi connectivity index (χ3n) is 2.05. The van der Waals surface area contributed by atoms with E-state index in [-0.39, 0.29) is 11.6 Å². The first-order valence-corrected chi connectivity index (χ1v) is 8.32. The summed E-state index contributed by atoms with van der Waals surface area (Å²) in [6.45, 7) is 0.317. The van der Waals surface area contributed by atoms with Gasteiger partial charge in [0.25, 0.3) is 0 Å². The molecule has 1 aromatic heterocycles. The molecule has 0 aromatic carbocycles. The van der Waals surface area contributed by atoms with E-state index < -0.39 is 25.7 Å². The molecule has 0 amide bonds. The molecule has 0 fully saturated rings. The van der Waals surface area contributed by atoms with Crippen molar-refractivity contribution in [2.75, 3.05) is 12.0 Å². The molecule has 1 aromatic rings. The van der Waals surface area contributed by atoms with Crippen LogP contribution in [0.25, 0.3) is 0 Å². The second kappa shape index (κ2) is 5.15. The minimum Gasteiger partial charge on any atom is -0.748 e. The number of sulfone groups is 1. The van der Waals surface area contributed by atoms with E-state index in [0.717, 1.165) is 6.26 Å². The standard InChI is InChI=1S/C8H14N2O5S2/c1-16(11,12)8-9-4-6-10(8)5-2-3-7-17(13,14)15/h4,6H,2-3,5,7H2,1H3,(H,13,14,15)/p-1. The lowest BCUT2D eigenvalue weighted by molar-refractivity contribution is 0.458. The van der Waals surface area contributed by atoms with E-state index in [1.165, 1.54) is 17.0 Å². The number of hydrogen-bond acceptors (Lipinski definition) is 6. The predicted octanol–water partition coefficient (Wildman–Crippen LogP) is -0.388. The van der Waals surface area contributed by atoms with Crippen LogP contribution in [0.1, 0.15) is 12.8 Å². The second-order valence-corrected chi connectivity index (χ2v) is 7.08. The van der Waals surface area contributed by atoms with Gasteiger partial charge in [0, 0.05) is 30.9 Å². The summed E-state index contributed by atoms with van der Waals surface area (Å²) in [4.78, 5) is 3.71. The highest BCUT2D eigenvalue weighted by atomic mass is 32.2. The van der Waals surface area contributed by atoms with Crippen molar-refractivity contribution in [3.63, 3.8) is 0 Å². The fourth-order valence-corrected chi connectivity index (χ4v) is 2.74. The highest BCUT2D eigenvalue weighted by Gasteiger charge is 2.13. The molecule has 7 nitrogen and oxygen atoms in total. The van der Waals surface area contributed by atoms with Crippen LogP contribution in [0.15, 0.2) is 17.6 Å². The highest BCUT2D eigenvalue weighted by Crippen LogP contribution is 2.07.